The summed E-state index contributed by atoms with van der Waals surface area (Å²) < 4.78 is 0. The molecule has 0 spiro atoms. The van der Waals surface area contributed by atoms with Crippen molar-refractivity contribution in [2.45, 2.75) is 25.3 Å². The Balaban J connectivity index is 1.37. The van der Waals surface area contributed by atoms with Crippen molar-refractivity contribution in [3.8, 4) is 0 Å². The van der Waals surface area contributed by atoms with Gasteiger partial charge in [0.05, 0.1) is 22.9 Å². The molecule has 2 aromatic heterocycles. The highest BCUT2D eigenvalue weighted by Crippen LogP contribution is 2.34. The summed E-state index contributed by atoms with van der Waals surface area (Å²) in [5.74, 6) is 1.45. The van der Waals surface area contributed by atoms with E-state index in [1.165, 1.54) is 0 Å². The number of para-hydroxylation sites is 1. The summed E-state index contributed by atoms with van der Waals surface area (Å²) >= 11 is 0. The number of carbonyl (C=O) groups excluding carboxylic acids is 1. The molecule has 1 N–H and O–H groups in total. The Bertz CT molecular complexity index is 1100. The maximum absolute atomic E-state index is 11.8. The quantitative estimate of drug-likeness (QED) is 0.745. The number of anilines is 1. The van der Waals surface area contributed by atoms with Crippen LogP contribution in [0.15, 0.2) is 54.9 Å². The second-order valence-corrected chi connectivity index (χ2v) is 7.74. The molecule has 0 amide bonds. The third-order valence-corrected chi connectivity index (χ3v) is 5.77. The molecule has 146 valence electrons. The maximum Gasteiger partial charge on any atom is 0.150 e. The zero-order chi connectivity index (χ0) is 19.8. The van der Waals surface area contributed by atoms with Crippen molar-refractivity contribution in [2.24, 2.45) is 0 Å². The third kappa shape index (κ3) is 3.40. The summed E-state index contributed by atoms with van der Waals surface area (Å²) in [6, 6.07) is 12.2. The number of benzene rings is 1. The normalized spacial score (nSPS) is 19.7. The van der Waals surface area contributed by atoms with Crippen molar-refractivity contribution in [3.05, 3.63) is 66.3 Å². The summed E-state index contributed by atoms with van der Waals surface area (Å²) in [7, 11) is 0. The Morgan fingerprint density at radius 1 is 1.10 bits per heavy atom. The molecule has 6 heteroatoms. The van der Waals surface area contributed by atoms with E-state index in [1.807, 2.05) is 24.3 Å². The van der Waals surface area contributed by atoms with Gasteiger partial charge in [0.2, 0.25) is 0 Å². The number of nitrogens with zero attached hydrogens (tertiary/aromatic N) is 4. The molecule has 1 aromatic carbocycles. The SMILES string of the molecule is CC(=O)C1C=C(c2nccnc2C2CN(c3ccc4ccccc4n3)C2)CCN1. The van der Waals surface area contributed by atoms with E-state index in [0.29, 0.717) is 5.92 Å². The van der Waals surface area contributed by atoms with E-state index in [9.17, 15) is 4.79 Å². The molecule has 5 rings (SSSR count). The molecule has 6 nitrogen and oxygen atoms in total. The van der Waals surface area contributed by atoms with Crippen LogP contribution >= 0.6 is 0 Å². The molecular weight excluding hydrogens is 362 g/mol. The van der Waals surface area contributed by atoms with E-state index in [2.05, 4.69) is 38.4 Å². The average Bonchev–Trinajstić information content (AvgIpc) is 2.73. The Labute approximate surface area is 169 Å². The molecule has 0 saturated carbocycles. The smallest absolute Gasteiger partial charge is 0.150 e. The number of Topliss-reactive ketones (excluding diaryl/α,β-unsaturated/α-hetero) is 1. The zero-order valence-corrected chi connectivity index (χ0v) is 16.4. The van der Waals surface area contributed by atoms with Gasteiger partial charge in [-0.25, -0.2) is 4.98 Å². The average molecular weight is 385 g/mol. The van der Waals surface area contributed by atoms with E-state index in [-0.39, 0.29) is 11.8 Å². The molecule has 0 bridgehead atoms. The fourth-order valence-corrected chi connectivity index (χ4v) is 4.13. The maximum atomic E-state index is 11.8. The Morgan fingerprint density at radius 2 is 1.93 bits per heavy atom. The van der Waals surface area contributed by atoms with E-state index in [0.717, 1.165) is 59.7 Å². The van der Waals surface area contributed by atoms with Gasteiger partial charge in [-0.1, -0.05) is 24.3 Å². The number of ketones is 1. The van der Waals surface area contributed by atoms with Crippen LogP contribution in [0.5, 0.6) is 0 Å². The molecule has 1 fully saturated rings. The van der Waals surface area contributed by atoms with Gasteiger partial charge >= 0.3 is 0 Å². The van der Waals surface area contributed by atoms with Crippen LogP contribution in [0.3, 0.4) is 0 Å². The Kier molecular flexibility index (Phi) is 4.56. The van der Waals surface area contributed by atoms with Crippen LogP contribution < -0.4 is 10.2 Å². The molecule has 0 radical (unpaired) electrons. The zero-order valence-electron chi connectivity index (χ0n) is 16.4. The number of rotatable bonds is 4. The summed E-state index contributed by atoms with van der Waals surface area (Å²) in [5, 5.41) is 4.40. The third-order valence-electron chi connectivity index (χ3n) is 5.77. The lowest BCUT2D eigenvalue weighted by molar-refractivity contribution is -0.117. The highest BCUT2D eigenvalue weighted by molar-refractivity contribution is 5.86. The first-order chi connectivity index (χ1) is 14.2. The van der Waals surface area contributed by atoms with Crippen LogP contribution in [0.1, 0.15) is 30.7 Å². The van der Waals surface area contributed by atoms with Crippen molar-refractivity contribution in [3.63, 3.8) is 0 Å². The Hall–Kier alpha value is -3.12. The van der Waals surface area contributed by atoms with Crippen molar-refractivity contribution in [1.82, 2.24) is 20.3 Å². The van der Waals surface area contributed by atoms with Crippen molar-refractivity contribution in [1.29, 1.82) is 0 Å². The van der Waals surface area contributed by atoms with E-state index in [1.54, 1.807) is 19.3 Å². The number of hydrogen-bond acceptors (Lipinski definition) is 6. The van der Waals surface area contributed by atoms with Gasteiger partial charge in [-0.05, 0) is 37.1 Å². The number of hydrogen-bond donors (Lipinski definition) is 1. The topological polar surface area (TPSA) is 71.0 Å². The summed E-state index contributed by atoms with van der Waals surface area (Å²) in [4.78, 5) is 28.2. The fourth-order valence-electron chi connectivity index (χ4n) is 4.13. The molecule has 2 aliphatic heterocycles. The predicted molar refractivity (Wildman–Crippen MR) is 114 cm³/mol. The van der Waals surface area contributed by atoms with Gasteiger partial charge in [-0.2, -0.15) is 0 Å². The monoisotopic (exact) mass is 385 g/mol. The Morgan fingerprint density at radius 3 is 2.79 bits per heavy atom. The lowest BCUT2D eigenvalue weighted by Crippen LogP contribution is -2.46. The minimum absolute atomic E-state index is 0.129. The largest absolute Gasteiger partial charge is 0.355 e. The summed E-state index contributed by atoms with van der Waals surface area (Å²) in [5.41, 5.74) is 4.11. The van der Waals surface area contributed by atoms with E-state index in [4.69, 9.17) is 4.98 Å². The molecule has 29 heavy (non-hydrogen) atoms. The standard InChI is InChI=1S/C23H23N5O/c1-15(29)20-12-17(8-9-24-20)22-23(26-11-10-25-22)18-13-28(14-18)21-7-6-16-4-2-3-5-19(16)27-21/h2-7,10-12,18,20,24H,8-9,13-14H2,1H3. The minimum atomic E-state index is -0.228. The lowest BCUT2D eigenvalue weighted by Gasteiger charge is -2.40. The van der Waals surface area contributed by atoms with Gasteiger partial charge in [0.15, 0.2) is 5.78 Å². The van der Waals surface area contributed by atoms with Crippen LogP contribution in [-0.4, -0.2) is 46.4 Å². The minimum Gasteiger partial charge on any atom is -0.355 e. The summed E-state index contributed by atoms with van der Waals surface area (Å²) in [6.45, 7) is 4.15. The van der Waals surface area contributed by atoms with Crippen LogP contribution in [0.2, 0.25) is 0 Å². The second-order valence-electron chi connectivity index (χ2n) is 7.74. The van der Waals surface area contributed by atoms with Crippen molar-refractivity contribution < 1.29 is 4.79 Å². The number of carbonyl (C=O) groups is 1. The number of pyridine rings is 1. The van der Waals surface area contributed by atoms with Crippen LogP contribution in [0.4, 0.5) is 5.82 Å². The lowest BCUT2D eigenvalue weighted by atomic mass is 9.90. The first-order valence-corrected chi connectivity index (χ1v) is 10.1. The molecule has 0 aliphatic carbocycles. The molecule has 1 atom stereocenters. The van der Waals surface area contributed by atoms with Gasteiger partial charge < -0.3 is 10.2 Å². The van der Waals surface area contributed by atoms with E-state index >= 15 is 0 Å². The molecule has 4 heterocycles. The molecule has 2 aliphatic rings. The second kappa shape index (κ2) is 7.37. The van der Waals surface area contributed by atoms with Gasteiger partial charge in [0.25, 0.3) is 0 Å². The molecule has 3 aromatic rings. The number of fused-ring (bicyclic) bond motifs is 1. The van der Waals surface area contributed by atoms with Crippen LogP contribution in [-0.2, 0) is 4.79 Å². The van der Waals surface area contributed by atoms with Gasteiger partial charge in [-0.3, -0.25) is 14.8 Å². The first kappa shape index (κ1) is 17.9. The summed E-state index contributed by atoms with van der Waals surface area (Å²) in [6.07, 6.45) is 6.38. The van der Waals surface area contributed by atoms with Gasteiger partial charge in [0, 0.05) is 43.3 Å². The molecule has 1 saturated heterocycles. The number of nitrogens with one attached hydrogen (secondary N) is 1. The van der Waals surface area contributed by atoms with E-state index < -0.39 is 0 Å². The predicted octanol–water partition coefficient (Wildman–Crippen LogP) is 2.96. The van der Waals surface area contributed by atoms with Crippen LogP contribution in [0, 0.1) is 0 Å². The van der Waals surface area contributed by atoms with Crippen molar-refractivity contribution >= 4 is 28.1 Å². The van der Waals surface area contributed by atoms with Gasteiger partial charge in [0.1, 0.15) is 5.82 Å². The fraction of sp³-hybridized carbons (Fsp3) is 0.304. The van der Waals surface area contributed by atoms with Gasteiger partial charge in [-0.15, -0.1) is 0 Å². The molecule has 1 unspecified atom stereocenters. The first-order valence-electron chi connectivity index (χ1n) is 10.1. The highest BCUT2D eigenvalue weighted by Gasteiger charge is 2.33. The number of aromatic nitrogens is 3. The van der Waals surface area contributed by atoms with Crippen molar-refractivity contribution in [2.75, 3.05) is 24.5 Å². The highest BCUT2D eigenvalue weighted by atomic mass is 16.1. The molecular formula is C23H23N5O. The van der Waals surface area contributed by atoms with Crippen LogP contribution in [0.25, 0.3) is 16.5 Å².